The van der Waals surface area contributed by atoms with Crippen molar-refractivity contribution in [3.63, 3.8) is 0 Å². The number of hydrogen-bond acceptors (Lipinski definition) is 5. The van der Waals surface area contributed by atoms with Gasteiger partial charge in [-0.3, -0.25) is 4.79 Å². The second kappa shape index (κ2) is 8.62. The molecule has 1 fully saturated rings. The number of carbonyl (C=O) groups is 1. The number of benzene rings is 1. The summed E-state index contributed by atoms with van der Waals surface area (Å²) in [5, 5.41) is 1.74. The molecule has 3 aromatic rings. The van der Waals surface area contributed by atoms with Gasteiger partial charge in [-0.05, 0) is 44.3 Å². The van der Waals surface area contributed by atoms with E-state index in [-0.39, 0.29) is 11.8 Å². The number of anilines is 1. The topological polar surface area (TPSA) is 68.4 Å². The van der Waals surface area contributed by atoms with Crippen LogP contribution >= 0.6 is 11.6 Å². The number of likely N-dealkylation sites (N-methyl/N-ethyl adjacent to an activating group) is 1. The number of aromatic amines is 1. The van der Waals surface area contributed by atoms with Gasteiger partial charge in [-0.2, -0.15) is 0 Å². The first-order valence-corrected chi connectivity index (χ1v) is 10.5. The summed E-state index contributed by atoms with van der Waals surface area (Å²) in [6, 6.07) is 7.61. The van der Waals surface area contributed by atoms with Crippen molar-refractivity contribution in [1.29, 1.82) is 0 Å². The second-order valence-corrected chi connectivity index (χ2v) is 8.51. The highest BCUT2D eigenvalue weighted by Crippen LogP contribution is 2.27. The Balaban J connectivity index is 1.50. The van der Waals surface area contributed by atoms with Crippen LogP contribution in [-0.2, 0) is 4.79 Å². The lowest BCUT2D eigenvalue weighted by molar-refractivity contribution is -0.133. The molecule has 0 spiro atoms. The summed E-state index contributed by atoms with van der Waals surface area (Å²) in [5.74, 6) is 0.895. The number of halogens is 1. The van der Waals surface area contributed by atoms with Crippen molar-refractivity contribution in [3.05, 3.63) is 52.9 Å². The van der Waals surface area contributed by atoms with Gasteiger partial charge in [0, 0.05) is 43.9 Å². The molecule has 3 heterocycles. The van der Waals surface area contributed by atoms with E-state index in [1.165, 1.54) is 0 Å². The fourth-order valence-corrected chi connectivity index (χ4v) is 4.21. The maximum atomic E-state index is 13.4. The second-order valence-electron chi connectivity index (χ2n) is 8.07. The molecule has 158 valence electrons. The summed E-state index contributed by atoms with van der Waals surface area (Å²) in [4.78, 5) is 31.7. The minimum absolute atomic E-state index is 0.163. The van der Waals surface area contributed by atoms with E-state index in [0.29, 0.717) is 24.7 Å². The van der Waals surface area contributed by atoms with Crippen LogP contribution in [-0.4, -0.2) is 77.5 Å². The van der Waals surface area contributed by atoms with E-state index >= 15 is 0 Å². The van der Waals surface area contributed by atoms with Crippen molar-refractivity contribution in [2.75, 3.05) is 51.7 Å². The molecule has 7 nitrogen and oxygen atoms in total. The molecule has 30 heavy (non-hydrogen) atoms. The standard InChI is InChI=1S/C22H27ClN6O/c1-15-12-24-20-19(15)21(26-14-25-20)28-8-10-29(11-9-28)22(30)18(13-27(2)3)16-4-6-17(23)7-5-16/h4-7,12,14,18H,8-11,13H2,1-3H3,(H,24,25,26). The summed E-state index contributed by atoms with van der Waals surface area (Å²) >= 11 is 6.05. The lowest BCUT2D eigenvalue weighted by Gasteiger charge is -2.37. The number of hydrogen-bond donors (Lipinski definition) is 1. The molecular weight excluding hydrogens is 400 g/mol. The smallest absolute Gasteiger partial charge is 0.231 e. The third-order valence-electron chi connectivity index (χ3n) is 5.66. The van der Waals surface area contributed by atoms with Crippen LogP contribution in [0.15, 0.2) is 36.8 Å². The van der Waals surface area contributed by atoms with Crippen LogP contribution < -0.4 is 4.90 Å². The van der Waals surface area contributed by atoms with Crippen LogP contribution in [0.2, 0.25) is 5.02 Å². The number of fused-ring (bicyclic) bond motifs is 1. The summed E-state index contributed by atoms with van der Waals surface area (Å²) < 4.78 is 0. The van der Waals surface area contributed by atoms with Crippen molar-refractivity contribution >= 4 is 34.4 Å². The Morgan fingerprint density at radius 2 is 1.87 bits per heavy atom. The summed E-state index contributed by atoms with van der Waals surface area (Å²) in [7, 11) is 3.99. The molecule has 1 atom stereocenters. The SMILES string of the molecule is Cc1c[nH]c2ncnc(N3CCN(C(=O)C(CN(C)C)c4ccc(Cl)cc4)CC3)c12. The highest BCUT2D eigenvalue weighted by molar-refractivity contribution is 6.30. The summed E-state index contributed by atoms with van der Waals surface area (Å²) in [6.07, 6.45) is 3.55. The molecule has 1 unspecified atom stereocenters. The Kier molecular flexibility index (Phi) is 5.92. The number of H-pyrrole nitrogens is 1. The number of aromatic nitrogens is 3. The van der Waals surface area contributed by atoms with Crippen LogP contribution in [0.4, 0.5) is 5.82 Å². The highest BCUT2D eigenvalue weighted by atomic mass is 35.5. The molecule has 8 heteroatoms. The van der Waals surface area contributed by atoms with E-state index < -0.39 is 0 Å². The van der Waals surface area contributed by atoms with Gasteiger partial charge < -0.3 is 19.7 Å². The van der Waals surface area contributed by atoms with E-state index in [0.717, 1.165) is 41.1 Å². The number of carbonyl (C=O) groups excluding carboxylic acids is 1. The third kappa shape index (κ3) is 4.13. The van der Waals surface area contributed by atoms with Crippen LogP contribution in [0.5, 0.6) is 0 Å². The maximum Gasteiger partial charge on any atom is 0.231 e. The predicted molar refractivity (Wildman–Crippen MR) is 120 cm³/mol. The fourth-order valence-electron chi connectivity index (χ4n) is 4.08. The van der Waals surface area contributed by atoms with E-state index in [1.807, 2.05) is 49.5 Å². The molecule has 1 amide bonds. The minimum Gasteiger partial charge on any atom is -0.352 e. The van der Waals surface area contributed by atoms with Crippen LogP contribution in [0.3, 0.4) is 0 Å². The zero-order chi connectivity index (χ0) is 21.3. The number of nitrogens with zero attached hydrogens (tertiary/aromatic N) is 5. The van der Waals surface area contributed by atoms with E-state index in [4.69, 9.17) is 11.6 Å². The largest absolute Gasteiger partial charge is 0.352 e. The average molecular weight is 427 g/mol. The minimum atomic E-state index is -0.207. The van der Waals surface area contributed by atoms with Crippen LogP contribution in [0, 0.1) is 6.92 Å². The van der Waals surface area contributed by atoms with Gasteiger partial charge in [0.2, 0.25) is 5.91 Å². The maximum absolute atomic E-state index is 13.4. The zero-order valence-electron chi connectivity index (χ0n) is 17.6. The Bertz CT molecular complexity index is 1020. The molecular formula is C22H27ClN6O. The third-order valence-corrected chi connectivity index (χ3v) is 5.91. The van der Waals surface area contributed by atoms with Gasteiger partial charge in [-0.1, -0.05) is 23.7 Å². The average Bonchev–Trinajstić information content (AvgIpc) is 3.13. The number of piperazine rings is 1. The van der Waals surface area contributed by atoms with Gasteiger partial charge in [-0.15, -0.1) is 0 Å². The number of nitrogens with one attached hydrogen (secondary N) is 1. The van der Waals surface area contributed by atoms with E-state index in [9.17, 15) is 4.79 Å². The zero-order valence-corrected chi connectivity index (χ0v) is 18.4. The highest BCUT2D eigenvalue weighted by Gasteiger charge is 2.30. The molecule has 0 bridgehead atoms. The molecule has 1 aliphatic rings. The Morgan fingerprint density at radius 3 is 2.53 bits per heavy atom. The lowest BCUT2D eigenvalue weighted by atomic mass is 9.96. The Morgan fingerprint density at radius 1 is 1.17 bits per heavy atom. The quantitative estimate of drug-likeness (QED) is 0.679. The van der Waals surface area contributed by atoms with Crippen molar-refractivity contribution in [2.24, 2.45) is 0 Å². The van der Waals surface area contributed by atoms with Gasteiger partial charge >= 0.3 is 0 Å². The number of aryl methyl sites for hydroxylation is 1. The van der Waals surface area contributed by atoms with Gasteiger partial charge in [0.15, 0.2) is 0 Å². The molecule has 4 rings (SSSR count). The van der Waals surface area contributed by atoms with Crippen LogP contribution in [0.1, 0.15) is 17.0 Å². The fraction of sp³-hybridized carbons (Fsp3) is 0.409. The molecule has 2 aromatic heterocycles. The van der Waals surface area contributed by atoms with E-state index in [1.54, 1.807) is 6.33 Å². The summed E-state index contributed by atoms with van der Waals surface area (Å²) in [6.45, 7) is 5.56. The number of amides is 1. The van der Waals surface area contributed by atoms with Gasteiger partial charge in [-0.25, -0.2) is 9.97 Å². The molecule has 0 radical (unpaired) electrons. The monoisotopic (exact) mass is 426 g/mol. The van der Waals surface area contributed by atoms with Gasteiger partial charge in [0.1, 0.15) is 17.8 Å². The van der Waals surface area contributed by atoms with Gasteiger partial charge in [0.25, 0.3) is 0 Å². The Hall–Kier alpha value is -2.64. The van der Waals surface area contributed by atoms with Crippen molar-refractivity contribution in [2.45, 2.75) is 12.8 Å². The molecule has 0 aliphatic carbocycles. The summed E-state index contributed by atoms with van der Waals surface area (Å²) in [5.41, 5.74) is 2.98. The number of rotatable bonds is 5. The first-order valence-electron chi connectivity index (χ1n) is 10.2. The predicted octanol–water partition coefficient (Wildman–Crippen LogP) is 2.91. The van der Waals surface area contributed by atoms with Crippen molar-refractivity contribution in [1.82, 2.24) is 24.8 Å². The lowest BCUT2D eigenvalue weighted by Crippen LogP contribution is -2.51. The van der Waals surface area contributed by atoms with Gasteiger partial charge in [0.05, 0.1) is 11.3 Å². The molecule has 1 saturated heterocycles. The Labute approximate surface area is 181 Å². The first-order chi connectivity index (χ1) is 14.4. The molecule has 1 aromatic carbocycles. The first kappa shape index (κ1) is 20.6. The molecule has 0 saturated carbocycles. The molecule has 1 aliphatic heterocycles. The van der Waals surface area contributed by atoms with Crippen LogP contribution in [0.25, 0.3) is 11.0 Å². The van der Waals surface area contributed by atoms with Crippen molar-refractivity contribution < 1.29 is 4.79 Å². The molecule has 1 N–H and O–H groups in total. The normalized spacial score (nSPS) is 15.8. The van der Waals surface area contributed by atoms with Crippen molar-refractivity contribution in [3.8, 4) is 0 Å². The van der Waals surface area contributed by atoms with E-state index in [2.05, 4.69) is 31.7 Å².